The molecule has 0 aliphatic carbocycles. The molecule has 1 heterocycles. The summed E-state index contributed by atoms with van der Waals surface area (Å²) in [6.45, 7) is 6.87. The molecule has 1 N–H and O–H groups in total. The van der Waals surface area contributed by atoms with Gasteiger partial charge in [-0.1, -0.05) is 6.92 Å². The summed E-state index contributed by atoms with van der Waals surface area (Å²) in [6, 6.07) is 2.11. The minimum Gasteiger partial charge on any atom is -0.305 e. The highest BCUT2D eigenvalue weighted by molar-refractivity contribution is 9.10. The van der Waals surface area contributed by atoms with Gasteiger partial charge in [0.15, 0.2) is 0 Å². The van der Waals surface area contributed by atoms with E-state index in [1.54, 1.807) is 23.9 Å². The van der Waals surface area contributed by atoms with Crippen LogP contribution in [0.5, 0.6) is 0 Å². The van der Waals surface area contributed by atoms with Gasteiger partial charge in [0.25, 0.3) is 0 Å². The molecule has 6 heteroatoms. The molecule has 0 saturated heterocycles. The predicted molar refractivity (Wildman–Crippen MR) is 82.2 cm³/mol. The number of nitrogens with zero attached hydrogens (tertiary/aromatic N) is 2. The summed E-state index contributed by atoms with van der Waals surface area (Å²) in [5, 5.41) is 7.52. The van der Waals surface area contributed by atoms with Gasteiger partial charge in [-0.3, -0.25) is 4.68 Å². The van der Waals surface area contributed by atoms with Gasteiger partial charge in [-0.05, 0) is 48.0 Å². The lowest BCUT2D eigenvalue weighted by Crippen LogP contribution is -2.26. The lowest BCUT2D eigenvalue weighted by Gasteiger charge is -2.21. The molecule has 0 amide bonds. The summed E-state index contributed by atoms with van der Waals surface area (Å²) in [5.41, 5.74) is 1.68. The quantitative estimate of drug-likeness (QED) is 0.877. The van der Waals surface area contributed by atoms with Crippen molar-refractivity contribution in [3.05, 3.63) is 51.3 Å². The third kappa shape index (κ3) is 3.16. The van der Waals surface area contributed by atoms with Crippen molar-refractivity contribution in [3.8, 4) is 0 Å². The zero-order valence-corrected chi connectivity index (χ0v) is 13.8. The number of benzene rings is 1. The van der Waals surface area contributed by atoms with Crippen LogP contribution in [-0.2, 0) is 6.54 Å². The molecule has 114 valence electrons. The fourth-order valence-corrected chi connectivity index (χ4v) is 2.89. The molecule has 0 aliphatic rings. The highest BCUT2D eigenvalue weighted by Gasteiger charge is 2.24. The largest absolute Gasteiger partial charge is 0.305 e. The maximum atomic E-state index is 14.2. The number of rotatable bonds is 5. The fraction of sp³-hybridized carbons (Fsp3) is 0.400. The first-order chi connectivity index (χ1) is 9.99. The van der Waals surface area contributed by atoms with E-state index in [0.29, 0.717) is 24.2 Å². The van der Waals surface area contributed by atoms with Crippen LogP contribution in [0.1, 0.15) is 36.7 Å². The van der Waals surface area contributed by atoms with Crippen LogP contribution >= 0.6 is 15.9 Å². The van der Waals surface area contributed by atoms with Crippen LogP contribution in [0, 0.1) is 18.6 Å². The standard InChI is InChI=1S/C15H18BrF2N3/c1-4-19-14(15-11(16)8-20-21(15)5-2)10-6-9(3)12(17)7-13(10)18/h6-8,14,19H,4-5H2,1-3H3. The Hall–Kier alpha value is -1.27. The number of halogens is 3. The molecule has 0 bridgehead atoms. The van der Waals surface area contributed by atoms with Crippen molar-refractivity contribution in [2.24, 2.45) is 0 Å². The van der Waals surface area contributed by atoms with E-state index in [4.69, 9.17) is 0 Å². The minimum absolute atomic E-state index is 0.383. The van der Waals surface area contributed by atoms with E-state index in [0.717, 1.165) is 16.2 Å². The van der Waals surface area contributed by atoms with Crippen LogP contribution < -0.4 is 5.32 Å². The van der Waals surface area contributed by atoms with E-state index in [-0.39, 0.29) is 6.04 Å². The Kier molecular flexibility index (Phi) is 5.11. The Morgan fingerprint density at radius 3 is 2.62 bits per heavy atom. The molecule has 1 aromatic carbocycles. The fourth-order valence-electron chi connectivity index (χ4n) is 2.37. The van der Waals surface area contributed by atoms with Crippen molar-refractivity contribution < 1.29 is 8.78 Å². The predicted octanol–water partition coefficient (Wildman–Crippen LogP) is 3.95. The molecular formula is C15H18BrF2N3. The lowest BCUT2D eigenvalue weighted by molar-refractivity contribution is 0.506. The highest BCUT2D eigenvalue weighted by Crippen LogP contribution is 2.31. The molecule has 3 nitrogen and oxygen atoms in total. The van der Waals surface area contributed by atoms with E-state index in [1.165, 1.54) is 0 Å². The summed E-state index contributed by atoms with van der Waals surface area (Å²) in [7, 11) is 0. The van der Waals surface area contributed by atoms with Crippen molar-refractivity contribution in [2.75, 3.05) is 6.54 Å². The molecule has 1 unspecified atom stereocenters. The highest BCUT2D eigenvalue weighted by atomic mass is 79.9. The lowest BCUT2D eigenvalue weighted by atomic mass is 10.00. The van der Waals surface area contributed by atoms with Gasteiger partial charge in [0.2, 0.25) is 0 Å². The summed E-state index contributed by atoms with van der Waals surface area (Å²) >= 11 is 3.46. The Morgan fingerprint density at radius 1 is 1.29 bits per heavy atom. The third-order valence-electron chi connectivity index (χ3n) is 3.40. The van der Waals surface area contributed by atoms with E-state index in [9.17, 15) is 8.78 Å². The van der Waals surface area contributed by atoms with Gasteiger partial charge in [0, 0.05) is 18.2 Å². The van der Waals surface area contributed by atoms with Crippen LogP contribution in [0.15, 0.2) is 22.8 Å². The smallest absolute Gasteiger partial charge is 0.131 e. The van der Waals surface area contributed by atoms with Gasteiger partial charge in [-0.15, -0.1) is 0 Å². The van der Waals surface area contributed by atoms with Gasteiger partial charge in [0.1, 0.15) is 11.6 Å². The SMILES string of the molecule is CCNC(c1cc(C)c(F)cc1F)c1c(Br)cnn1CC. The van der Waals surface area contributed by atoms with E-state index in [2.05, 4.69) is 26.3 Å². The summed E-state index contributed by atoms with van der Waals surface area (Å²) < 4.78 is 30.3. The van der Waals surface area contributed by atoms with Crippen molar-refractivity contribution in [2.45, 2.75) is 33.4 Å². The second-order valence-corrected chi connectivity index (χ2v) is 5.66. The van der Waals surface area contributed by atoms with Crippen LogP contribution in [0.2, 0.25) is 0 Å². The number of aryl methyl sites for hydroxylation is 2. The van der Waals surface area contributed by atoms with Gasteiger partial charge < -0.3 is 5.32 Å². The van der Waals surface area contributed by atoms with Crippen molar-refractivity contribution >= 4 is 15.9 Å². The molecule has 2 aromatic rings. The first kappa shape index (κ1) is 16.1. The molecule has 0 radical (unpaired) electrons. The Labute approximate surface area is 131 Å². The van der Waals surface area contributed by atoms with Crippen molar-refractivity contribution in [1.82, 2.24) is 15.1 Å². The van der Waals surface area contributed by atoms with Crippen LogP contribution in [0.4, 0.5) is 8.78 Å². The molecule has 0 saturated carbocycles. The third-order valence-corrected chi connectivity index (χ3v) is 4.01. The number of hydrogen-bond donors (Lipinski definition) is 1. The molecular weight excluding hydrogens is 340 g/mol. The average molecular weight is 358 g/mol. The first-order valence-electron chi connectivity index (χ1n) is 6.89. The molecule has 2 rings (SSSR count). The Morgan fingerprint density at radius 2 is 2.00 bits per heavy atom. The van der Waals surface area contributed by atoms with Crippen molar-refractivity contribution in [3.63, 3.8) is 0 Å². The monoisotopic (exact) mass is 357 g/mol. The normalized spacial score (nSPS) is 12.7. The molecule has 1 atom stereocenters. The van der Waals surface area contributed by atoms with Gasteiger partial charge >= 0.3 is 0 Å². The topological polar surface area (TPSA) is 29.9 Å². The van der Waals surface area contributed by atoms with Gasteiger partial charge in [-0.25, -0.2) is 8.78 Å². The number of hydrogen-bond acceptors (Lipinski definition) is 2. The van der Waals surface area contributed by atoms with Crippen LogP contribution in [-0.4, -0.2) is 16.3 Å². The minimum atomic E-state index is -0.556. The second kappa shape index (κ2) is 6.66. The maximum absolute atomic E-state index is 14.2. The van der Waals surface area contributed by atoms with E-state index >= 15 is 0 Å². The van der Waals surface area contributed by atoms with E-state index in [1.807, 2.05) is 13.8 Å². The summed E-state index contributed by atoms with van der Waals surface area (Å²) in [5.74, 6) is -1.09. The number of aromatic nitrogens is 2. The molecule has 21 heavy (non-hydrogen) atoms. The van der Waals surface area contributed by atoms with Crippen LogP contribution in [0.3, 0.4) is 0 Å². The maximum Gasteiger partial charge on any atom is 0.131 e. The number of nitrogens with one attached hydrogen (secondary N) is 1. The zero-order chi connectivity index (χ0) is 15.6. The average Bonchev–Trinajstić information content (AvgIpc) is 2.81. The summed E-state index contributed by atoms with van der Waals surface area (Å²) in [4.78, 5) is 0. The molecule has 1 aromatic heterocycles. The second-order valence-electron chi connectivity index (χ2n) is 4.81. The molecule has 0 fully saturated rings. The Balaban J connectivity index is 2.58. The van der Waals surface area contributed by atoms with Gasteiger partial charge in [0.05, 0.1) is 22.4 Å². The molecule has 0 spiro atoms. The van der Waals surface area contributed by atoms with Crippen LogP contribution in [0.25, 0.3) is 0 Å². The Bertz CT molecular complexity index is 640. The molecule has 0 aliphatic heterocycles. The zero-order valence-electron chi connectivity index (χ0n) is 12.3. The van der Waals surface area contributed by atoms with Gasteiger partial charge in [-0.2, -0.15) is 5.10 Å². The summed E-state index contributed by atoms with van der Waals surface area (Å²) in [6.07, 6.45) is 1.69. The van der Waals surface area contributed by atoms with E-state index < -0.39 is 11.6 Å². The van der Waals surface area contributed by atoms with Crippen molar-refractivity contribution in [1.29, 1.82) is 0 Å². The first-order valence-corrected chi connectivity index (χ1v) is 7.69.